The van der Waals surface area contributed by atoms with Gasteiger partial charge in [-0.3, -0.25) is 0 Å². The number of nitrogens with one attached hydrogen (secondary N) is 1. The minimum absolute atomic E-state index is 0. The molecular weight excluding hydrogens is 471 g/mol. The van der Waals surface area contributed by atoms with E-state index in [4.69, 9.17) is 15.2 Å². The summed E-state index contributed by atoms with van der Waals surface area (Å²) in [7, 11) is 0. The quantitative estimate of drug-likeness (QED) is 0.373. The number of hydrogen-bond acceptors (Lipinski definition) is 4. The monoisotopic (exact) mass is 491 g/mol. The van der Waals surface area contributed by atoms with Crippen molar-refractivity contribution in [2.75, 3.05) is 12.1 Å². The fraction of sp³-hybridized carbons (Fsp3) is 0.278. The number of nitrogens with two attached hydrogens (primary N) is 1. The van der Waals surface area contributed by atoms with E-state index in [0.717, 1.165) is 16.8 Å². The van der Waals surface area contributed by atoms with Crippen molar-refractivity contribution in [2.24, 2.45) is 10.7 Å². The Balaban J connectivity index is 0.00000261. The summed E-state index contributed by atoms with van der Waals surface area (Å²) in [6.07, 6.45) is 0. The van der Waals surface area contributed by atoms with Crippen molar-refractivity contribution in [3.8, 4) is 17.2 Å². The molecule has 0 aliphatic carbocycles. The normalized spacial score (nSPS) is 12.7. The number of rotatable bonds is 5. The van der Waals surface area contributed by atoms with Crippen molar-refractivity contribution in [2.45, 2.75) is 27.0 Å². The topological polar surface area (TPSA) is 78.1 Å². The molecule has 0 aromatic heterocycles. The predicted octanol–water partition coefficient (Wildman–Crippen LogP) is 4.18. The van der Waals surface area contributed by atoms with Crippen LogP contribution in [0.5, 0.6) is 17.2 Å². The number of benzene rings is 2. The molecule has 3 N–H and O–H groups in total. The van der Waals surface area contributed by atoms with Crippen LogP contribution in [0.25, 0.3) is 0 Å². The minimum atomic E-state index is -2.95. The van der Waals surface area contributed by atoms with Crippen molar-refractivity contribution < 1.29 is 23.0 Å². The van der Waals surface area contributed by atoms with Crippen molar-refractivity contribution in [1.29, 1.82) is 0 Å². The standard InChI is InChI=1S/C18H19F2N3O3.HI/c1-10-3-11(2)5-13(4-10)23-18(21)22-8-12-6-15-16(25-9-24-15)7-14(12)26-17(19)20;/h3-7,17H,8-9H2,1-2H3,(H3,21,22,23);1H. The fourth-order valence-electron chi connectivity index (χ4n) is 2.70. The first-order valence-corrected chi connectivity index (χ1v) is 7.93. The molecule has 0 bridgehead atoms. The zero-order valence-electron chi connectivity index (χ0n) is 14.8. The third-order valence-electron chi connectivity index (χ3n) is 3.69. The average Bonchev–Trinajstić information content (AvgIpc) is 2.98. The van der Waals surface area contributed by atoms with Gasteiger partial charge in [0.1, 0.15) is 5.75 Å². The Labute approximate surface area is 172 Å². The lowest BCUT2D eigenvalue weighted by Gasteiger charge is -2.11. The Kier molecular flexibility index (Phi) is 7.05. The first kappa shape index (κ1) is 21.0. The first-order chi connectivity index (χ1) is 12.4. The summed E-state index contributed by atoms with van der Waals surface area (Å²) in [5, 5.41) is 2.99. The largest absolute Gasteiger partial charge is 0.454 e. The second-order valence-electron chi connectivity index (χ2n) is 5.89. The second-order valence-corrected chi connectivity index (χ2v) is 5.89. The van der Waals surface area contributed by atoms with Crippen LogP contribution in [-0.2, 0) is 6.54 Å². The second kappa shape index (κ2) is 9.07. The third kappa shape index (κ3) is 5.59. The van der Waals surface area contributed by atoms with E-state index in [9.17, 15) is 8.78 Å². The fourth-order valence-corrected chi connectivity index (χ4v) is 2.70. The number of anilines is 1. The van der Waals surface area contributed by atoms with Gasteiger partial charge in [0.05, 0.1) is 6.54 Å². The summed E-state index contributed by atoms with van der Waals surface area (Å²) in [4.78, 5) is 4.20. The maximum absolute atomic E-state index is 12.6. The van der Waals surface area contributed by atoms with Gasteiger partial charge in [-0.1, -0.05) is 6.07 Å². The molecule has 0 atom stereocenters. The summed E-state index contributed by atoms with van der Waals surface area (Å²) < 4.78 is 40.3. The van der Waals surface area contributed by atoms with Gasteiger partial charge in [0, 0.05) is 17.3 Å². The summed E-state index contributed by atoms with van der Waals surface area (Å²) >= 11 is 0. The van der Waals surface area contributed by atoms with Crippen molar-refractivity contribution in [3.63, 3.8) is 0 Å². The van der Waals surface area contributed by atoms with Crippen LogP contribution in [0.15, 0.2) is 35.3 Å². The molecule has 2 aromatic carbocycles. The molecule has 0 unspecified atom stereocenters. The van der Waals surface area contributed by atoms with E-state index < -0.39 is 6.61 Å². The number of alkyl halides is 2. The molecular formula is C18H20F2IN3O3. The number of fused-ring (bicyclic) bond motifs is 1. The molecule has 0 saturated heterocycles. The lowest BCUT2D eigenvalue weighted by molar-refractivity contribution is -0.0505. The maximum Gasteiger partial charge on any atom is 0.387 e. The molecule has 3 rings (SSSR count). The Morgan fingerprint density at radius 1 is 1.15 bits per heavy atom. The number of nitrogens with zero attached hydrogens (tertiary/aromatic N) is 1. The van der Waals surface area contributed by atoms with Crippen molar-refractivity contribution in [3.05, 3.63) is 47.0 Å². The van der Waals surface area contributed by atoms with Crippen LogP contribution in [-0.4, -0.2) is 19.4 Å². The molecule has 0 spiro atoms. The Morgan fingerprint density at radius 2 is 1.78 bits per heavy atom. The number of halogens is 3. The molecule has 9 heteroatoms. The molecule has 27 heavy (non-hydrogen) atoms. The number of aliphatic imine (C=N–C) groups is 1. The van der Waals surface area contributed by atoms with E-state index in [1.807, 2.05) is 32.0 Å². The Morgan fingerprint density at radius 3 is 2.41 bits per heavy atom. The number of guanidine groups is 1. The molecule has 0 fully saturated rings. The number of ether oxygens (including phenoxy) is 3. The van der Waals surface area contributed by atoms with Gasteiger partial charge in [-0.05, 0) is 43.2 Å². The molecule has 146 valence electrons. The van der Waals surface area contributed by atoms with Crippen LogP contribution in [0, 0.1) is 13.8 Å². The van der Waals surface area contributed by atoms with Gasteiger partial charge < -0.3 is 25.3 Å². The van der Waals surface area contributed by atoms with Crippen LogP contribution < -0.4 is 25.3 Å². The van der Waals surface area contributed by atoms with Crippen LogP contribution >= 0.6 is 24.0 Å². The third-order valence-corrected chi connectivity index (χ3v) is 3.69. The van der Waals surface area contributed by atoms with Crippen molar-refractivity contribution >= 4 is 35.6 Å². The van der Waals surface area contributed by atoms with Crippen LogP contribution in [0.4, 0.5) is 14.5 Å². The van der Waals surface area contributed by atoms with Crippen LogP contribution in [0.1, 0.15) is 16.7 Å². The van der Waals surface area contributed by atoms with Gasteiger partial charge >= 0.3 is 6.61 Å². The molecule has 0 amide bonds. The van der Waals surface area contributed by atoms with E-state index in [1.54, 1.807) is 6.07 Å². The van der Waals surface area contributed by atoms with E-state index in [2.05, 4.69) is 15.0 Å². The summed E-state index contributed by atoms with van der Waals surface area (Å²) in [5.74, 6) is 0.954. The van der Waals surface area contributed by atoms with E-state index in [-0.39, 0.29) is 49.0 Å². The predicted molar refractivity (Wildman–Crippen MR) is 109 cm³/mol. The van der Waals surface area contributed by atoms with Gasteiger partial charge in [-0.15, -0.1) is 24.0 Å². The SMILES string of the molecule is Cc1cc(C)cc(NC(N)=NCc2cc3c(cc2OC(F)F)OCO3)c1.I. The van der Waals surface area contributed by atoms with Gasteiger partial charge in [0.25, 0.3) is 0 Å². The summed E-state index contributed by atoms with van der Waals surface area (Å²) in [6, 6.07) is 8.84. The zero-order valence-corrected chi connectivity index (χ0v) is 17.1. The highest BCUT2D eigenvalue weighted by Gasteiger charge is 2.20. The lowest BCUT2D eigenvalue weighted by Crippen LogP contribution is -2.22. The minimum Gasteiger partial charge on any atom is -0.454 e. The van der Waals surface area contributed by atoms with Crippen LogP contribution in [0.3, 0.4) is 0 Å². The number of hydrogen-bond donors (Lipinski definition) is 2. The molecule has 0 saturated carbocycles. The number of aryl methyl sites for hydroxylation is 2. The molecule has 0 radical (unpaired) electrons. The summed E-state index contributed by atoms with van der Waals surface area (Å²) in [5.41, 5.74) is 9.31. The molecule has 1 heterocycles. The van der Waals surface area contributed by atoms with Crippen molar-refractivity contribution in [1.82, 2.24) is 0 Å². The molecule has 1 aliphatic heterocycles. The highest BCUT2D eigenvalue weighted by Crippen LogP contribution is 2.39. The zero-order chi connectivity index (χ0) is 18.7. The lowest BCUT2D eigenvalue weighted by atomic mass is 10.1. The van der Waals surface area contributed by atoms with E-state index in [0.29, 0.717) is 17.1 Å². The van der Waals surface area contributed by atoms with Gasteiger partial charge in [-0.25, -0.2) is 4.99 Å². The Bertz CT molecular complexity index is 827. The van der Waals surface area contributed by atoms with E-state index in [1.165, 1.54) is 6.07 Å². The molecule has 2 aromatic rings. The van der Waals surface area contributed by atoms with E-state index >= 15 is 0 Å². The maximum atomic E-state index is 12.6. The Hall–Kier alpha value is -2.30. The average molecular weight is 491 g/mol. The highest BCUT2D eigenvalue weighted by atomic mass is 127. The summed E-state index contributed by atoms with van der Waals surface area (Å²) in [6.45, 7) is 1.08. The smallest absolute Gasteiger partial charge is 0.387 e. The highest BCUT2D eigenvalue weighted by molar-refractivity contribution is 14.0. The first-order valence-electron chi connectivity index (χ1n) is 7.93. The molecule has 6 nitrogen and oxygen atoms in total. The van der Waals surface area contributed by atoms with Crippen LogP contribution in [0.2, 0.25) is 0 Å². The molecule has 1 aliphatic rings. The van der Waals surface area contributed by atoms with Gasteiger partial charge in [0.15, 0.2) is 17.5 Å². The van der Waals surface area contributed by atoms with Gasteiger partial charge in [-0.2, -0.15) is 8.78 Å². The van der Waals surface area contributed by atoms with Gasteiger partial charge in [0.2, 0.25) is 6.79 Å².